The number of cyclic esters (lactones) is 1. The Labute approximate surface area is 119 Å². The Morgan fingerprint density at radius 3 is 2.75 bits per heavy atom. The zero-order valence-corrected chi connectivity index (χ0v) is 12.0. The van der Waals surface area contributed by atoms with E-state index in [1.165, 1.54) is 4.90 Å². The van der Waals surface area contributed by atoms with Crippen molar-refractivity contribution in [1.29, 1.82) is 0 Å². The van der Waals surface area contributed by atoms with Crippen molar-refractivity contribution in [3.8, 4) is 0 Å². The largest absolute Gasteiger partial charge is 0.447 e. The molecule has 20 heavy (non-hydrogen) atoms. The van der Waals surface area contributed by atoms with Crippen molar-refractivity contribution in [2.45, 2.75) is 39.2 Å². The van der Waals surface area contributed by atoms with Gasteiger partial charge in [0.05, 0.1) is 6.04 Å². The molecule has 1 aliphatic rings. The minimum atomic E-state index is -0.501. The summed E-state index contributed by atoms with van der Waals surface area (Å²) in [6.07, 6.45) is 1.87. The molecule has 0 spiro atoms. The van der Waals surface area contributed by atoms with Crippen LogP contribution < -0.4 is 0 Å². The van der Waals surface area contributed by atoms with Gasteiger partial charge >= 0.3 is 6.09 Å². The summed E-state index contributed by atoms with van der Waals surface area (Å²) < 4.78 is 5.07. The quantitative estimate of drug-likeness (QED) is 0.830. The molecule has 1 aliphatic heterocycles. The monoisotopic (exact) mass is 275 g/mol. The molecule has 2 atom stereocenters. The SMILES string of the molecule is CCC[C@H](C)C(=O)N1C(=O)OC[C@@H]1Cc1ccccc1. The first kappa shape index (κ1) is 14.6. The number of benzene rings is 1. The molecule has 1 heterocycles. The molecule has 108 valence electrons. The van der Waals surface area contributed by atoms with Gasteiger partial charge in [0.15, 0.2) is 0 Å². The van der Waals surface area contributed by atoms with Gasteiger partial charge in [0.1, 0.15) is 6.61 Å². The lowest BCUT2D eigenvalue weighted by molar-refractivity contribution is -0.133. The van der Waals surface area contributed by atoms with Gasteiger partial charge in [0.2, 0.25) is 5.91 Å². The van der Waals surface area contributed by atoms with Gasteiger partial charge in [0.25, 0.3) is 0 Å². The third kappa shape index (κ3) is 3.18. The van der Waals surface area contributed by atoms with Crippen LogP contribution in [0.25, 0.3) is 0 Å². The summed E-state index contributed by atoms with van der Waals surface area (Å²) in [6, 6.07) is 9.68. The minimum Gasteiger partial charge on any atom is -0.447 e. The molecule has 0 aromatic heterocycles. The first-order valence-corrected chi connectivity index (χ1v) is 7.17. The van der Waals surface area contributed by atoms with Crippen LogP contribution in [0.15, 0.2) is 30.3 Å². The number of carbonyl (C=O) groups excluding carboxylic acids is 2. The van der Waals surface area contributed by atoms with Gasteiger partial charge in [-0.15, -0.1) is 0 Å². The van der Waals surface area contributed by atoms with Gasteiger partial charge in [-0.3, -0.25) is 4.79 Å². The fraction of sp³-hybridized carbons (Fsp3) is 0.500. The highest BCUT2D eigenvalue weighted by Gasteiger charge is 2.39. The van der Waals surface area contributed by atoms with Crippen LogP contribution >= 0.6 is 0 Å². The molecular formula is C16H21NO3. The Balaban J connectivity index is 2.08. The third-order valence-electron chi connectivity index (χ3n) is 3.66. The van der Waals surface area contributed by atoms with Gasteiger partial charge < -0.3 is 4.74 Å². The maximum atomic E-state index is 12.4. The number of ether oxygens (including phenoxy) is 1. The predicted octanol–water partition coefficient (Wildman–Crippen LogP) is 3.01. The van der Waals surface area contributed by atoms with Crippen molar-refractivity contribution in [3.05, 3.63) is 35.9 Å². The summed E-state index contributed by atoms with van der Waals surface area (Å²) in [5, 5.41) is 0. The van der Waals surface area contributed by atoms with Gasteiger partial charge in [-0.2, -0.15) is 0 Å². The molecule has 0 N–H and O–H groups in total. The summed E-state index contributed by atoms with van der Waals surface area (Å²) in [4.78, 5) is 25.5. The van der Waals surface area contributed by atoms with Crippen LogP contribution in [0.5, 0.6) is 0 Å². The van der Waals surface area contributed by atoms with Crippen LogP contribution in [-0.4, -0.2) is 29.5 Å². The van der Waals surface area contributed by atoms with Crippen LogP contribution in [0.1, 0.15) is 32.3 Å². The van der Waals surface area contributed by atoms with Gasteiger partial charge in [0, 0.05) is 5.92 Å². The molecule has 0 aliphatic carbocycles. The molecule has 1 aromatic rings. The lowest BCUT2D eigenvalue weighted by Crippen LogP contribution is -2.42. The van der Waals surface area contributed by atoms with E-state index in [0.717, 1.165) is 18.4 Å². The number of carbonyl (C=O) groups is 2. The van der Waals surface area contributed by atoms with Crippen molar-refractivity contribution < 1.29 is 14.3 Å². The third-order valence-corrected chi connectivity index (χ3v) is 3.66. The number of imide groups is 1. The number of amides is 2. The Hall–Kier alpha value is -1.84. The predicted molar refractivity (Wildman–Crippen MR) is 76.2 cm³/mol. The Morgan fingerprint density at radius 2 is 2.10 bits per heavy atom. The molecule has 0 saturated carbocycles. The number of rotatable bonds is 5. The molecule has 2 rings (SSSR count). The van der Waals surface area contributed by atoms with E-state index >= 15 is 0 Å². The Morgan fingerprint density at radius 1 is 1.40 bits per heavy atom. The van der Waals surface area contributed by atoms with Crippen LogP contribution in [-0.2, 0) is 16.0 Å². The van der Waals surface area contributed by atoms with Crippen molar-refractivity contribution in [3.63, 3.8) is 0 Å². The van der Waals surface area contributed by atoms with E-state index < -0.39 is 6.09 Å². The fourth-order valence-electron chi connectivity index (χ4n) is 2.56. The molecule has 2 amide bonds. The summed E-state index contributed by atoms with van der Waals surface area (Å²) in [5.41, 5.74) is 1.11. The standard InChI is InChI=1S/C16H21NO3/c1-3-7-12(2)15(18)17-14(11-20-16(17)19)10-13-8-5-4-6-9-13/h4-6,8-9,12,14H,3,7,10-11H2,1-2H3/t12-,14-/m0/s1. The first-order valence-electron chi connectivity index (χ1n) is 7.17. The average Bonchev–Trinajstić information content (AvgIpc) is 2.80. The van der Waals surface area contributed by atoms with E-state index in [-0.39, 0.29) is 24.5 Å². The van der Waals surface area contributed by atoms with Gasteiger partial charge in [-0.25, -0.2) is 9.69 Å². The lowest BCUT2D eigenvalue weighted by atomic mass is 10.0. The molecule has 0 unspecified atom stereocenters. The lowest BCUT2D eigenvalue weighted by Gasteiger charge is -2.22. The summed E-state index contributed by atoms with van der Waals surface area (Å²) >= 11 is 0. The van der Waals surface area contributed by atoms with E-state index in [4.69, 9.17) is 4.74 Å². The molecule has 1 aromatic carbocycles. The van der Waals surface area contributed by atoms with Crippen LogP contribution in [0, 0.1) is 5.92 Å². The van der Waals surface area contributed by atoms with Crippen molar-refractivity contribution in [2.24, 2.45) is 5.92 Å². The van der Waals surface area contributed by atoms with E-state index in [9.17, 15) is 9.59 Å². The maximum absolute atomic E-state index is 12.4. The number of hydrogen-bond acceptors (Lipinski definition) is 3. The molecule has 4 heteroatoms. The molecule has 0 bridgehead atoms. The highest BCUT2D eigenvalue weighted by atomic mass is 16.6. The van der Waals surface area contributed by atoms with Crippen molar-refractivity contribution >= 4 is 12.0 Å². The summed E-state index contributed by atoms with van der Waals surface area (Å²) in [7, 11) is 0. The second kappa shape index (κ2) is 6.55. The minimum absolute atomic E-state index is 0.115. The highest BCUT2D eigenvalue weighted by molar-refractivity contribution is 5.94. The smallest absolute Gasteiger partial charge is 0.416 e. The van der Waals surface area contributed by atoms with E-state index in [2.05, 4.69) is 0 Å². The Kier molecular flexibility index (Phi) is 4.77. The second-order valence-electron chi connectivity index (χ2n) is 5.32. The Bertz CT molecular complexity index is 472. The summed E-state index contributed by atoms with van der Waals surface area (Å²) in [6.45, 7) is 4.20. The van der Waals surface area contributed by atoms with Crippen molar-refractivity contribution in [2.75, 3.05) is 6.61 Å². The van der Waals surface area contributed by atoms with E-state index in [0.29, 0.717) is 6.42 Å². The first-order chi connectivity index (χ1) is 9.63. The second-order valence-corrected chi connectivity index (χ2v) is 5.32. The molecule has 0 radical (unpaired) electrons. The molecule has 1 saturated heterocycles. The fourth-order valence-corrected chi connectivity index (χ4v) is 2.56. The van der Waals surface area contributed by atoms with Crippen LogP contribution in [0.3, 0.4) is 0 Å². The molecule has 1 fully saturated rings. The zero-order chi connectivity index (χ0) is 14.5. The van der Waals surface area contributed by atoms with E-state index in [1.54, 1.807) is 0 Å². The van der Waals surface area contributed by atoms with Crippen LogP contribution in [0.2, 0.25) is 0 Å². The summed E-state index contributed by atoms with van der Waals surface area (Å²) in [5.74, 6) is -0.251. The van der Waals surface area contributed by atoms with Crippen molar-refractivity contribution in [1.82, 2.24) is 4.90 Å². The maximum Gasteiger partial charge on any atom is 0.416 e. The van der Waals surface area contributed by atoms with Crippen LogP contribution in [0.4, 0.5) is 4.79 Å². The highest BCUT2D eigenvalue weighted by Crippen LogP contribution is 2.21. The van der Waals surface area contributed by atoms with Gasteiger partial charge in [-0.1, -0.05) is 50.6 Å². The molecule has 4 nitrogen and oxygen atoms in total. The normalized spacial score (nSPS) is 19.8. The van der Waals surface area contributed by atoms with Gasteiger partial charge in [-0.05, 0) is 18.4 Å². The number of hydrogen-bond donors (Lipinski definition) is 0. The molecular weight excluding hydrogens is 254 g/mol. The average molecular weight is 275 g/mol. The topological polar surface area (TPSA) is 46.6 Å². The van der Waals surface area contributed by atoms with E-state index in [1.807, 2.05) is 44.2 Å². The zero-order valence-electron chi connectivity index (χ0n) is 12.0. The number of nitrogens with zero attached hydrogens (tertiary/aromatic N) is 1.